The fraction of sp³-hybridized carbons (Fsp3) is 0.152. The number of hydrogen-bond donors (Lipinski definition) is 0. The Morgan fingerprint density at radius 3 is 2.11 bits per heavy atom. The molecule has 0 spiro atoms. The summed E-state index contributed by atoms with van der Waals surface area (Å²) in [4.78, 5) is 6.86. The zero-order valence-electron chi connectivity index (χ0n) is 20.8. The highest BCUT2D eigenvalue weighted by atomic mass is 32.2. The van der Waals surface area contributed by atoms with Gasteiger partial charge in [0.05, 0.1) is 0 Å². The highest BCUT2D eigenvalue weighted by Gasteiger charge is 2.37. The van der Waals surface area contributed by atoms with Crippen LogP contribution in [0.2, 0.25) is 0 Å². The van der Waals surface area contributed by atoms with E-state index in [0.717, 1.165) is 0 Å². The van der Waals surface area contributed by atoms with Gasteiger partial charge in [0.2, 0.25) is 0 Å². The van der Waals surface area contributed by atoms with E-state index in [1.165, 1.54) is 73.5 Å². The summed E-state index contributed by atoms with van der Waals surface area (Å²) in [5.74, 6) is 0. The lowest BCUT2D eigenvalue weighted by atomic mass is 9.81. The van der Waals surface area contributed by atoms with Crippen LogP contribution in [0.25, 0.3) is 38.4 Å². The molecule has 2 heterocycles. The van der Waals surface area contributed by atoms with E-state index in [1.54, 1.807) is 0 Å². The standard InChI is InChI=1S/C33H26S3/c1-5-8-22-19(2)34-28-14-12-20(15-25(22)28)21-11-13-23-24-17-31-32(18-27(24)33(3,4)26(23)16-21)36-30-10-7-6-9-29(30)35-31/h5-18H,1-4H3/b8-5-. The van der Waals surface area contributed by atoms with E-state index in [9.17, 15) is 0 Å². The summed E-state index contributed by atoms with van der Waals surface area (Å²) in [7, 11) is 0. The van der Waals surface area contributed by atoms with Gasteiger partial charge in [-0.2, -0.15) is 0 Å². The summed E-state index contributed by atoms with van der Waals surface area (Å²) in [6.07, 6.45) is 4.39. The number of fused-ring (bicyclic) bond motifs is 6. The van der Waals surface area contributed by atoms with Crippen molar-refractivity contribution in [3.05, 3.63) is 100 Å². The molecule has 0 amide bonds. The van der Waals surface area contributed by atoms with Gasteiger partial charge in [0.1, 0.15) is 0 Å². The number of benzene rings is 4. The number of aryl methyl sites for hydroxylation is 1. The van der Waals surface area contributed by atoms with Crippen LogP contribution in [-0.4, -0.2) is 0 Å². The van der Waals surface area contributed by atoms with Crippen molar-refractivity contribution < 1.29 is 0 Å². The van der Waals surface area contributed by atoms with Gasteiger partial charge in [-0.3, -0.25) is 0 Å². The lowest BCUT2D eigenvalue weighted by Gasteiger charge is -2.24. The monoisotopic (exact) mass is 518 g/mol. The van der Waals surface area contributed by atoms with E-state index in [2.05, 4.69) is 113 Å². The van der Waals surface area contributed by atoms with E-state index < -0.39 is 0 Å². The minimum Gasteiger partial charge on any atom is -0.140 e. The average Bonchev–Trinajstić information content (AvgIpc) is 3.31. The van der Waals surface area contributed by atoms with Crippen molar-refractivity contribution in [2.75, 3.05) is 0 Å². The third kappa shape index (κ3) is 3.30. The topological polar surface area (TPSA) is 0 Å². The fourth-order valence-electron chi connectivity index (χ4n) is 5.73. The number of allylic oxidation sites excluding steroid dienone is 1. The van der Waals surface area contributed by atoms with Crippen LogP contribution in [0.15, 0.2) is 98.5 Å². The van der Waals surface area contributed by atoms with Gasteiger partial charge in [-0.15, -0.1) is 11.3 Å². The Bertz CT molecular complexity index is 1730. The normalized spacial score (nSPS) is 15.1. The summed E-state index contributed by atoms with van der Waals surface area (Å²) in [6.45, 7) is 9.10. The fourth-order valence-corrected chi connectivity index (χ4v) is 9.04. The predicted molar refractivity (Wildman–Crippen MR) is 159 cm³/mol. The van der Waals surface area contributed by atoms with Crippen LogP contribution in [0.5, 0.6) is 0 Å². The average molecular weight is 519 g/mol. The van der Waals surface area contributed by atoms with Gasteiger partial charge in [0.15, 0.2) is 0 Å². The summed E-state index contributed by atoms with van der Waals surface area (Å²) >= 11 is 5.70. The molecule has 0 bridgehead atoms. The molecule has 0 saturated heterocycles. The molecule has 1 aliphatic heterocycles. The van der Waals surface area contributed by atoms with Crippen molar-refractivity contribution in [1.29, 1.82) is 0 Å². The van der Waals surface area contributed by atoms with Gasteiger partial charge in [-0.1, -0.05) is 79.9 Å². The highest BCUT2D eigenvalue weighted by molar-refractivity contribution is 8.05. The Morgan fingerprint density at radius 1 is 0.694 bits per heavy atom. The van der Waals surface area contributed by atoms with Gasteiger partial charge >= 0.3 is 0 Å². The third-order valence-electron chi connectivity index (χ3n) is 7.61. The van der Waals surface area contributed by atoms with Gasteiger partial charge in [-0.05, 0) is 95.3 Å². The summed E-state index contributed by atoms with van der Waals surface area (Å²) < 4.78 is 1.36. The van der Waals surface area contributed by atoms with Gasteiger partial charge < -0.3 is 0 Å². The molecule has 176 valence electrons. The van der Waals surface area contributed by atoms with Crippen molar-refractivity contribution in [3.8, 4) is 22.3 Å². The molecular weight excluding hydrogens is 493 g/mol. The van der Waals surface area contributed by atoms with E-state index in [-0.39, 0.29) is 5.41 Å². The minimum atomic E-state index is -0.0307. The van der Waals surface area contributed by atoms with E-state index in [1.807, 2.05) is 34.9 Å². The predicted octanol–water partition coefficient (Wildman–Crippen LogP) is 10.8. The van der Waals surface area contributed by atoms with Crippen LogP contribution in [-0.2, 0) is 5.41 Å². The molecular formula is C33H26S3. The maximum Gasteiger partial charge on any atom is 0.0352 e. The Morgan fingerprint density at radius 2 is 1.36 bits per heavy atom. The van der Waals surface area contributed by atoms with Crippen LogP contribution in [0.3, 0.4) is 0 Å². The second-order valence-electron chi connectivity index (χ2n) is 10.2. The number of hydrogen-bond acceptors (Lipinski definition) is 3. The van der Waals surface area contributed by atoms with Crippen molar-refractivity contribution in [2.24, 2.45) is 0 Å². The molecule has 3 heteroatoms. The van der Waals surface area contributed by atoms with Crippen LogP contribution in [0.1, 0.15) is 42.3 Å². The van der Waals surface area contributed by atoms with Gasteiger partial charge in [-0.25, -0.2) is 0 Å². The molecule has 0 atom stereocenters. The van der Waals surface area contributed by atoms with Crippen molar-refractivity contribution in [1.82, 2.24) is 0 Å². The SMILES string of the molecule is C/C=C\c1c(C)sc2ccc(-c3ccc4c(c3)C(C)(C)c3cc5c(cc3-4)Sc3ccccc3S5)cc12. The third-order valence-corrected chi connectivity index (χ3v) is 11.2. The van der Waals surface area contributed by atoms with Crippen molar-refractivity contribution in [2.45, 2.75) is 52.7 Å². The van der Waals surface area contributed by atoms with Crippen LogP contribution in [0, 0.1) is 6.92 Å². The Labute approximate surface area is 225 Å². The van der Waals surface area contributed by atoms with Gasteiger partial charge in [0.25, 0.3) is 0 Å². The van der Waals surface area contributed by atoms with E-state index >= 15 is 0 Å². The molecule has 36 heavy (non-hydrogen) atoms. The quantitative estimate of drug-likeness (QED) is 0.223. The molecule has 4 aromatic carbocycles. The zero-order chi connectivity index (χ0) is 24.6. The molecule has 0 saturated carbocycles. The lowest BCUT2D eigenvalue weighted by Crippen LogP contribution is -2.15. The van der Waals surface area contributed by atoms with Crippen molar-refractivity contribution >= 4 is 51.0 Å². The Hall–Kier alpha value is -2.72. The molecule has 1 aliphatic carbocycles. The highest BCUT2D eigenvalue weighted by Crippen LogP contribution is 2.56. The first-order valence-electron chi connectivity index (χ1n) is 12.4. The molecule has 1 aromatic heterocycles. The number of rotatable bonds is 2. The Balaban J connectivity index is 1.34. The summed E-state index contributed by atoms with van der Waals surface area (Å²) in [5.41, 5.74) is 9.57. The first kappa shape index (κ1) is 22.5. The molecule has 2 aliphatic rings. The van der Waals surface area contributed by atoms with Crippen LogP contribution in [0.4, 0.5) is 0 Å². The second kappa shape index (κ2) is 8.14. The first-order chi connectivity index (χ1) is 17.4. The zero-order valence-corrected chi connectivity index (χ0v) is 23.3. The molecule has 0 unspecified atom stereocenters. The second-order valence-corrected chi connectivity index (χ2v) is 13.6. The minimum absolute atomic E-state index is 0.0307. The van der Waals surface area contributed by atoms with Crippen molar-refractivity contribution in [3.63, 3.8) is 0 Å². The van der Waals surface area contributed by atoms with E-state index in [0.29, 0.717) is 0 Å². The maximum atomic E-state index is 2.46. The molecule has 5 aromatic rings. The molecule has 0 fully saturated rings. The first-order valence-corrected chi connectivity index (χ1v) is 14.8. The smallest absolute Gasteiger partial charge is 0.0352 e. The largest absolute Gasteiger partial charge is 0.140 e. The number of thiophene rings is 1. The Kier molecular flexibility index (Phi) is 5.08. The summed E-state index contributed by atoms with van der Waals surface area (Å²) in [6, 6.07) is 27.7. The molecule has 0 N–H and O–H groups in total. The van der Waals surface area contributed by atoms with Crippen LogP contribution >= 0.6 is 34.9 Å². The van der Waals surface area contributed by atoms with E-state index in [4.69, 9.17) is 0 Å². The molecule has 0 radical (unpaired) electrons. The van der Waals surface area contributed by atoms with Crippen LogP contribution < -0.4 is 0 Å². The molecule has 7 rings (SSSR count). The molecule has 0 nitrogen and oxygen atoms in total. The summed E-state index contributed by atoms with van der Waals surface area (Å²) in [5, 5.41) is 1.36. The maximum absolute atomic E-state index is 2.46. The lowest BCUT2D eigenvalue weighted by molar-refractivity contribution is 0.658. The van der Waals surface area contributed by atoms with Gasteiger partial charge in [0, 0.05) is 40.0 Å².